The summed E-state index contributed by atoms with van der Waals surface area (Å²) in [5.41, 5.74) is -0.526. The smallest absolute Gasteiger partial charge is 0.410 e. The molecule has 5 nitrogen and oxygen atoms in total. The molecule has 2 amide bonds. The predicted molar refractivity (Wildman–Crippen MR) is 75.2 cm³/mol. The Bertz CT molecular complexity index is 388. The molecular formula is C13H21BrN2O3. The summed E-state index contributed by atoms with van der Waals surface area (Å²) in [5, 5.41) is 2.90. The maximum absolute atomic E-state index is 12.0. The third-order valence-corrected chi connectivity index (χ3v) is 4.40. The highest BCUT2D eigenvalue weighted by Gasteiger charge is 2.43. The third-order valence-electron chi connectivity index (χ3n) is 3.32. The molecule has 0 unspecified atom stereocenters. The average molecular weight is 333 g/mol. The highest BCUT2D eigenvalue weighted by Crippen LogP contribution is 2.43. The fraction of sp³-hybridized carbons (Fsp3) is 0.846. The second-order valence-electron chi connectivity index (χ2n) is 6.35. The van der Waals surface area contributed by atoms with E-state index in [1.807, 2.05) is 20.8 Å². The standard InChI is InChI=1S/C13H21BrN2O3/c1-12(2,3)19-11(18)16-7-4-9(16)10(17)15-8-13(14)5-6-13/h9H,4-8H2,1-3H3,(H,15,17)/t9-/m1/s1. The van der Waals surface area contributed by atoms with Gasteiger partial charge in [0.05, 0.1) is 0 Å². The van der Waals surface area contributed by atoms with Gasteiger partial charge in [0.1, 0.15) is 11.6 Å². The van der Waals surface area contributed by atoms with Gasteiger partial charge in [0, 0.05) is 17.4 Å². The number of alkyl halides is 1. The van der Waals surface area contributed by atoms with E-state index in [4.69, 9.17) is 4.74 Å². The number of likely N-dealkylation sites (tertiary alicyclic amines) is 1. The lowest BCUT2D eigenvalue weighted by Gasteiger charge is -2.40. The number of ether oxygens (including phenoxy) is 1. The van der Waals surface area contributed by atoms with Crippen LogP contribution in [0.2, 0.25) is 0 Å². The van der Waals surface area contributed by atoms with Crippen LogP contribution in [0.4, 0.5) is 4.79 Å². The summed E-state index contributed by atoms with van der Waals surface area (Å²) < 4.78 is 5.38. The number of hydrogen-bond donors (Lipinski definition) is 1. The monoisotopic (exact) mass is 332 g/mol. The molecule has 19 heavy (non-hydrogen) atoms. The lowest BCUT2D eigenvalue weighted by molar-refractivity contribution is -0.130. The van der Waals surface area contributed by atoms with E-state index in [-0.39, 0.29) is 16.3 Å². The minimum Gasteiger partial charge on any atom is -0.444 e. The SMILES string of the molecule is CC(C)(C)OC(=O)N1CC[C@@H]1C(=O)NCC1(Br)CC1. The molecule has 1 aliphatic carbocycles. The Morgan fingerprint density at radius 3 is 2.47 bits per heavy atom. The number of amides is 2. The Morgan fingerprint density at radius 1 is 1.42 bits per heavy atom. The van der Waals surface area contributed by atoms with E-state index in [9.17, 15) is 9.59 Å². The van der Waals surface area contributed by atoms with Crippen molar-refractivity contribution in [2.75, 3.05) is 13.1 Å². The van der Waals surface area contributed by atoms with E-state index in [0.29, 0.717) is 19.5 Å². The van der Waals surface area contributed by atoms with E-state index in [1.165, 1.54) is 4.90 Å². The largest absolute Gasteiger partial charge is 0.444 e. The first-order valence-electron chi connectivity index (χ1n) is 6.66. The van der Waals surface area contributed by atoms with E-state index < -0.39 is 11.7 Å². The number of carbonyl (C=O) groups excluding carboxylic acids is 2. The lowest BCUT2D eigenvalue weighted by Crippen LogP contribution is -2.59. The van der Waals surface area contributed by atoms with Crippen molar-refractivity contribution >= 4 is 27.9 Å². The van der Waals surface area contributed by atoms with E-state index >= 15 is 0 Å². The molecule has 1 atom stereocenters. The summed E-state index contributed by atoms with van der Waals surface area (Å²) in [7, 11) is 0. The molecule has 1 heterocycles. The highest BCUT2D eigenvalue weighted by atomic mass is 79.9. The van der Waals surface area contributed by atoms with Crippen LogP contribution in [0, 0.1) is 0 Å². The fourth-order valence-electron chi connectivity index (χ4n) is 1.87. The summed E-state index contributed by atoms with van der Waals surface area (Å²) in [4.78, 5) is 25.4. The van der Waals surface area contributed by atoms with Gasteiger partial charge >= 0.3 is 6.09 Å². The van der Waals surface area contributed by atoms with Crippen molar-refractivity contribution in [2.24, 2.45) is 0 Å². The molecule has 2 fully saturated rings. The van der Waals surface area contributed by atoms with Crippen LogP contribution in [0.15, 0.2) is 0 Å². The van der Waals surface area contributed by atoms with Crippen molar-refractivity contribution in [3.8, 4) is 0 Å². The fourth-order valence-corrected chi connectivity index (χ4v) is 2.21. The summed E-state index contributed by atoms with van der Waals surface area (Å²) in [6.07, 6.45) is 2.49. The van der Waals surface area contributed by atoms with Crippen LogP contribution in [0.25, 0.3) is 0 Å². The van der Waals surface area contributed by atoms with Crippen LogP contribution in [0.5, 0.6) is 0 Å². The molecule has 0 aromatic heterocycles. The highest BCUT2D eigenvalue weighted by molar-refractivity contribution is 9.10. The minimum atomic E-state index is -0.526. The van der Waals surface area contributed by atoms with E-state index in [1.54, 1.807) is 0 Å². The summed E-state index contributed by atoms with van der Waals surface area (Å²) in [6.45, 7) is 6.68. The van der Waals surface area contributed by atoms with Crippen molar-refractivity contribution in [3.05, 3.63) is 0 Å². The molecule has 108 valence electrons. The van der Waals surface area contributed by atoms with Crippen LogP contribution in [0.1, 0.15) is 40.0 Å². The number of nitrogens with one attached hydrogen (secondary N) is 1. The summed E-state index contributed by atoms with van der Waals surface area (Å²) >= 11 is 3.57. The third kappa shape index (κ3) is 3.84. The minimum absolute atomic E-state index is 0.0807. The molecule has 0 radical (unpaired) electrons. The van der Waals surface area contributed by atoms with E-state index in [2.05, 4.69) is 21.2 Å². The van der Waals surface area contributed by atoms with Crippen LogP contribution in [0.3, 0.4) is 0 Å². The van der Waals surface area contributed by atoms with Gasteiger partial charge in [-0.05, 0) is 40.0 Å². The topological polar surface area (TPSA) is 58.6 Å². The van der Waals surface area contributed by atoms with Gasteiger partial charge in [-0.3, -0.25) is 9.69 Å². The van der Waals surface area contributed by atoms with Crippen molar-refractivity contribution in [2.45, 2.75) is 56.0 Å². The first-order valence-corrected chi connectivity index (χ1v) is 7.46. The van der Waals surface area contributed by atoms with Crippen LogP contribution >= 0.6 is 15.9 Å². The zero-order chi connectivity index (χ0) is 14.3. The molecule has 2 aliphatic rings. The number of halogens is 1. The molecule has 2 rings (SSSR count). The van der Waals surface area contributed by atoms with Gasteiger partial charge in [-0.1, -0.05) is 15.9 Å². The Balaban J connectivity index is 1.80. The van der Waals surface area contributed by atoms with Crippen LogP contribution in [-0.2, 0) is 9.53 Å². The summed E-state index contributed by atoms with van der Waals surface area (Å²) in [6, 6.07) is -0.371. The number of hydrogen-bond acceptors (Lipinski definition) is 3. The Morgan fingerprint density at radius 2 is 2.05 bits per heavy atom. The second kappa shape index (κ2) is 4.96. The van der Waals surface area contributed by atoms with Gasteiger partial charge in [0.2, 0.25) is 5.91 Å². The average Bonchev–Trinajstić information content (AvgIpc) is 2.89. The molecule has 0 spiro atoms. The normalized spacial score (nSPS) is 24.4. The zero-order valence-corrected chi connectivity index (χ0v) is 13.2. The summed E-state index contributed by atoms with van der Waals surface area (Å²) in [5.74, 6) is -0.0807. The van der Waals surface area contributed by atoms with Gasteiger partial charge in [-0.15, -0.1) is 0 Å². The maximum Gasteiger partial charge on any atom is 0.410 e. The Hall–Kier alpha value is -0.780. The molecule has 6 heteroatoms. The van der Waals surface area contributed by atoms with E-state index in [0.717, 1.165) is 12.8 Å². The van der Waals surface area contributed by atoms with Gasteiger partial charge in [-0.2, -0.15) is 0 Å². The zero-order valence-electron chi connectivity index (χ0n) is 11.7. The molecule has 0 bridgehead atoms. The van der Waals surface area contributed by atoms with Crippen molar-refractivity contribution in [1.29, 1.82) is 0 Å². The Labute approximate surface area is 122 Å². The number of rotatable bonds is 3. The first kappa shape index (κ1) is 14.6. The van der Waals surface area contributed by atoms with Crippen molar-refractivity contribution in [1.82, 2.24) is 10.2 Å². The van der Waals surface area contributed by atoms with Crippen LogP contribution in [-0.4, -0.2) is 46.0 Å². The van der Waals surface area contributed by atoms with Gasteiger partial charge in [0.25, 0.3) is 0 Å². The quantitative estimate of drug-likeness (QED) is 0.804. The maximum atomic E-state index is 12.0. The van der Waals surface area contributed by atoms with Gasteiger partial charge in [-0.25, -0.2) is 4.79 Å². The Kier molecular flexibility index (Phi) is 3.82. The second-order valence-corrected chi connectivity index (χ2v) is 8.03. The molecule has 1 saturated heterocycles. The molecule has 0 aromatic rings. The first-order chi connectivity index (χ1) is 8.70. The molecule has 1 aliphatic heterocycles. The van der Waals surface area contributed by atoms with Gasteiger partial charge in [0.15, 0.2) is 0 Å². The van der Waals surface area contributed by atoms with Crippen molar-refractivity contribution < 1.29 is 14.3 Å². The molecule has 1 N–H and O–H groups in total. The number of nitrogens with zero attached hydrogens (tertiary/aromatic N) is 1. The molecule has 0 aromatic carbocycles. The number of carbonyl (C=O) groups is 2. The molecule has 1 saturated carbocycles. The van der Waals surface area contributed by atoms with Crippen molar-refractivity contribution in [3.63, 3.8) is 0 Å². The molecular weight excluding hydrogens is 312 g/mol. The van der Waals surface area contributed by atoms with Crippen LogP contribution < -0.4 is 5.32 Å². The van der Waals surface area contributed by atoms with Gasteiger partial charge < -0.3 is 10.1 Å². The predicted octanol–water partition coefficient (Wildman–Crippen LogP) is 2.04. The lowest BCUT2D eigenvalue weighted by atomic mass is 10.0.